The zero-order valence-electron chi connectivity index (χ0n) is 10.4. The van der Waals surface area contributed by atoms with E-state index in [0.717, 1.165) is 5.92 Å². The summed E-state index contributed by atoms with van der Waals surface area (Å²) in [7, 11) is 0. The number of unbranched alkanes of at least 4 members (excludes halogenated alkanes) is 2. The fourth-order valence-corrected chi connectivity index (χ4v) is 1.77. The highest BCUT2D eigenvalue weighted by Crippen LogP contribution is 2.19. The van der Waals surface area contributed by atoms with Crippen molar-refractivity contribution in [2.24, 2.45) is 17.8 Å². The molecule has 86 valence electrons. The van der Waals surface area contributed by atoms with Crippen molar-refractivity contribution in [2.45, 2.75) is 59.8 Å². The second-order valence-electron chi connectivity index (χ2n) is 5.22. The van der Waals surface area contributed by atoms with Crippen molar-refractivity contribution in [3.63, 3.8) is 0 Å². The topological polar surface area (TPSA) is 20.2 Å². The lowest BCUT2D eigenvalue weighted by atomic mass is 9.91. The minimum atomic E-state index is 0.363. The maximum Gasteiger partial charge on any atom is 0.0461 e. The molecular formula is C13H28O. The molecule has 0 radical (unpaired) electrons. The Morgan fingerprint density at radius 1 is 0.857 bits per heavy atom. The van der Waals surface area contributed by atoms with Crippen molar-refractivity contribution in [3.8, 4) is 0 Å². The van der Waals surface area contributed by atoms with E-state index in [1.165, 1.54) is 32.1 Å². The van der Waals surface area contributed by atoms with Gasteiger partial charge in [0, 0.05) is 6.61 Å². The first-order valence-electron chi connectivity index (χ1n) is 6.18. The van der Waals surface area contributed by atoms with Crippen LogP contribution in [0.4, 0.5) is 0 Å². The predicted molar refractivity (Wildman–Crippen MR) is 63.3 cm³/mol. The van der Waals surface area contributed by atoms with Gasteiger partial charge < -0.3 is 5.11 Å². The number of aliphatic hydroxyl groups excluding tert-OH is 1. The second-order valence-corrected chi connectivity index (χ2v) is 5.22. The van der Waals surface area contributed by atoms with Gasteiger partial charge in [0.25, 0.3) is 0 Å². The van der Waals surface area contributed by atoms with E-state index >= 15 is 0 Å². The van der Waals surface area contributed by atoms with Crippen LogP contribution >= 0.6 is 0 Å². The highest BCUT2D eigenvalue weighted by molar-refractivity contribution is 4.61. The van der Waals surface area contributed by atoms with Crippen LogP contribution in [0.1, 0.15) is 59.8 Å². The number of hydrogen-bond acceptors (Lipinski definition) is 1. The largest absolute Gasteiger partial charge is 0.396 e. The van der Waals surface area contributed by atoms with Crippen LogP contribution in [0.5, 0.6) is 0 Å². The smallest absolute Gasteiger partial charge is 0.0461 e. The summed E-state index contributed by atoms with van der Waals surface area (Å²) >= 11 is 0. The summed E-state index contributed by atoms with van der Waals surface area (Å²) in [6, 6.07) is 0. The molecule has 0 saturated carbocycles. The lowest BCUT2D eigenvalue weighted by Crippen LogP contribution is -2.13. The van der Waals surface area contributed by atoms with Gasteiger partial charge in [0.1, 0.15) is 0 Å². The van der Waals surface area contributed by atoms with Crippen LogP contribution in [0.25, 0.3) is 0 Å². The van der Waals surface area contributed by atoms with Crippen LogP contribution in [-0.4, -0.2) is 11.7 Å². The molecular weight excluding hydrogens is 172 g/mol. The lowest BCUT2D eigenvalue weighted by Gasteiger charge is -2.17. The summed E-state index contributed by atoms with van der Waals surface area (Å²) in [5.74, 6) is 1.99. The first kappa shape index (κ1) is 14.0. The van der Waals surface area contributed by atoms with Gasteiger partial charge in [-0.25, -0.2) is 0 Å². The van der Waals surface area contributed by atoms with Gasteiger partial charge in [-0.1, -0.05) is 53.4 Å². The maximum absolute atomic E-state index is 9.14. The van der Waals surface area contributed by atoms with E-state index in [-0.39, 0.29) is 0 Å². The SMILES string of the molecule is CC(C)CCCCC[C@@H](CO)C(C)C. The molecule has 0 saturated heterocycles. The molecule has 0 unspecified atom stereocenters. The van der Waals surface area contributed by atoms with Gasteiger partial charge in [0.05, 0.1) is 0 Å². The Morgan fingerprint density at radius 2 is 1.43 bits per heavy atom. The maximum atomic E-state index is 9.14. The van der Waals surface area contributed by atoms with Gasteiger partial charge in [-0.3, -0.25) is 0 Å². The predicted octanol–water partition coefficient (Wildman–Crippen LogP) is 3.86. The Morgan fingerprint density at radius 3 is 1.86 bits per heavy atom. The first-order valence-corrected chi connectivity index (χ1v) is 6.18. The van der Waals surface area contributed by atoms with Crippen molar-refractivity contribution in [1.29, 1.82) is 0 Å². The molecule has 0 rings (SSSR count). The molecule has 0 aliphatic heterocycles. The van der Waals surface area contributed by atoms with E-state index in [4.69, 9.17) is 5.11 Å². The Hall–Kier alpha value is -0.0400. The Balaban J connectivity index is 3.33. The molecule has 0 bridgehead atoms. The summed E-state index contributed by atoms with van der Waals surface area (Å²) in [6.07, 6.45) is 6.53. The van der Waals surface area contributed by atoms with Crippen molar-refractivity contribution in [1.82, 2.24) is 0 Å². The zero-order valence-corrected chi connectivity index (χ0v) is 10.4. The van der Waals surface area contributed by atoms with E-state index in [9.17, 15) is 0 Å². The molecule has 1 heteroatoms. The lowest BCUT2D eigenvalue weighted by molar-refractivity contribution is 0.178. The van der Waals surface area contributed by atoms with E-state index in [2.05, 4.69) is 27.7 Å². The first-order chi connectivity index (χ1) is 6.57. The number of aliphatic hydroxyl groups is 1. The summed E-state index contributed by atoms with van der Waals surface area (Å²) in [6.45, 7) is 9.33. The van der Waals surface area contributed by atoms with E-state index in [1.54, 1.807) is 0 Å². The minimum absolute atomic E-state index is 0.363. The van der Waals surface area contributed by atoms with Crippen LogP contribution in [0.3, 0.4) is 0 Å². The van der Waals surface area contributed by atoms with Gasteiger partial charge in [0.15, 0.2) is 0 Å². The van der Waals surface area contributed by atoms with Gasteiger partial charge in [-0.15, -0.1) is 0 Å². The molecule has 0 fully saturated rings. The number of rotatable bonds is 8. The number of hydrogen-bond donors (Lipinski definition) is 1. The zero-order chi connectivity index (χ0) is 11.0. The Labute approximate surface area is 89.9 Å². The summed E-state index contributed by atoms with van der Waals surface area (Å²) in [4.78, 5) is 0. The Kier molecular flexibility index (Phi) is 8.26. The molecule has 0 heterocycles. The molecule has 14 heavy (non-hydrogen) atoms. The molecule has 0 aromatic carbocycles. The van der Waals surface area contributed by atoms with Gasteiger partial charge in [-0.05, 0) is 24.2 Å². The van der Waals surface area contributed by atoms with Crippen molar-refractivity contribution in [2.75, 3.05) is 6.61 Å². The van der Waals surface area contributed by atoms with Crippen LogP contribution in [0.2, 0.25) is 0 Å². The molecule has 0 aromatic rings. The molecule has 1 nitrogen and oxygen atoms in total. The van der Waals surface area contributed by atoms with Gasteiger partial charge in [-0.2, -0.15) is 0 Å². The highest BCUT2D eigenvalue weighted by Gasteiger charge is 2.10. The van der Waals surface area contributed by atoms with Gasteiger partial charge in [0.2, 0.25) is 0 Å². The highest BCUT2D eigenvalue weighted by atomic mass is 16.3. The van der Waals surface area contributed by atoms with Crippen LogP contribution in [0, 0.1) is 17.8 Å². The van der Waals surface area contributed by atoms with Crippen LogP contribution in [0.15, 0.2) is 0 Å². The Bertz CT molecular complexity index is 118. The standard InChI is InChI=1S/C13H28O/c1-11(2)8-6-5-7-9-13(10-14)12(3)4/h11-14H,5-10H2,1-4H3/t13-/m0/s1. The second kappa shape index (κ2) is 8.28. The molecule has 1 N–H and O–H groups in total. The average molecular weight is 200 g/mol. The van der Waals surface area contributed by atoms with E-state index < -0.39 is 0 Å². The molecule has 0 aromatic heterocycles. The van der Waals surface area contributed by atoms with Gasteiger partial charge >= 0.3 is 0 Å². The van der Waals surface area contributed by atoms with Crippen LogP contribution in [-0.2, 0) is 0 Å². The average Bonchev–Trinajstić information content (AvgIpc) is 2.10. The minimum Gasteiger partial charge on any atom is -0.396 e. The summed E-state index contributed by atoms with van der Waals surface area (Å²) < 4.78 is 0. The van der Waals surface area contributed by atoms with Crippen LogP contribution < -0.4 is 0 Å². The molecule has 1 atom stereocenters. The normalized spacial score (nSPS) is 13.9. The third-order valence-corrected chi connectivity index (χ3v) is 3.03. The third-order valence-electron chi connectivity index (χ3n) is 3.03. The van der Waals surface area contributed by atoms with E-state index in [1.807, 2.05) is 0 Å². The summed E-state index contributed by atoms with van der Waals surface area (Å²) in [5.41, 5.74) is 0. The molecule has 0 aliphatic carbocycles. The molecule has 0 spiro atoms. The fourth-order valence-electron chi connectivity index (χ4n) is 1.77. The fraction of sp³-hybridized carbons (Fsp3) is 1.00. The van der Waals surface area contributed by atoms with Crippen molar-refractivity contribution >= 4 is 0 Å². The van der Waals surface area contributed by atoms with E-state index in [0.29, 0.717) is 18.4 Å². The quantitative estimate of drug-likeness (QED) is 0.590. The molecule has 0 amide bonds. The molecule has 0 aliphatic rings. The third kappa shape index (κ3) is 7.37. The summed E-state index contributed by atoms with van der Waals surface area (Å²) in [5, 5.41) is 9.14. The van der Waals surface area contributed by atoms with Crippen molar-refractivity contribution < 1.29 is 5.11 Å². The monoisotopic (exact) mass is 200 g/mol. The van der Waals surface area contributed by atoms with Crippen molar-refractivity contribution in [3.05, 3.63) is 0 Å².